The van der Waals surface area contributed by atoms with E-state index in [1.54, 1.807) is 12.1 Å². The number of amides is 1. The predicted octanol–water partition coefficient (Wildman–Crippen LogP) is 5.21. The largest absolute Gasteiger partial charge is 0.497 e. The molecule has 1 N–H and O–H groups in total. The van der Waals surface area contributed by atoms with E-state index in [1.165, 1.54) is 56.7 Å². The molecule has 0 bridgehead atoms. The molecule has 186 valence electrons. The van der Waals surface area contributed by atoms with Gasteiger partial charge < -0.3 is 14.8 Å². The third kappa shape index (κ3) is 5.98. The fraction of sp³-hybridized carbons (Fsp3) is 0.174. The summed E-state index contributed by atoms with van der Waals surface area (Å²) in [5, 5.41) is 1.76. The van der Waals surface area contributed by atoms with Crippen molar-refractivity contribution in [3.8, 4) is 11.5 Å². The second-order valence-corrected chi connectivity index (χ2v) is 9.37. The van der Waals surface area contributed by atoms with E-state index in [0.29, 0.717) is 11.8 Å². The maximum absolute atomic E-state index is 13.5. The molecule has 0 radical (unpaired) electrons. The van der Waals surface area contributed by atoms with Gasteiger partial charge in [0.2, 0.25) is 5.91 Å². The zero-order valence-electron chi connectivity index (χ0n) is 18.5. The second kappa shape index (κ2) is 10.4. The lowest BCUT2D eigenvalue weighted by Gasteiger charge is -2.25. The minimum Gasteiger partial charge on any atom is -0.497 e. The molecule has 0 heterocycles. The van der Waals surface area contributed by atoms with Crippen LogP contribution in [0.2, 0.25) is 5.02 Å². The lowest BCUT2D eigenvalue weighted by molar-refractivity contribution is -0.137. The number of benzene rings is 3. The Hall–Kier alpha value is -3.44. The van der Waals surface area contributed by atoms with Crippen molar-refractivity contribution in [1.29, 1.82) is 0 Å². The van der Waals surface area contributed by atoms with Gasteiger partial charge in [-0.1, -0.05) is 23.7 Å². The Morgan fingerprint density at radius 3 is 2.26 bits per heavy atom. The summed E-state index contributed by atoms with van der Waals surface area (Å²) < 4.78 is 77.6. The zero-order chi connectivity index (χ0) is 25.8. The predicted molar refractivity (Wildman–Crippen MR) is 126 cm³/mol. The van der Waals surface area contributed by atoms with E-state index in [-0.39, 0.29) is 22.0 Å². The Morgan fingerprint density at radius 1 is 1.00 bits per heavy atom. The van der Waals surface area contributed by atoms with E-state index in [2.05, 4.69) is 5.32 Å². The van der Waals surface area contributed by atoms with Crippen molar-refractivity contribution in [2.24, 2.45) is 0 Å². The van der Waals surface area contributed by atoms with Crippen LogP contribution in [0.25, 0.3) is 0 Å². The van der Waals surface area contributed by atoms with Gasteiger partial charge in [0.15, 0.2) is 0 Å². The van der Waals surface area contributed by atoms with E-state index in [4.69, 9.17) is 21.1 Å². The number of rotatable bonds is 8. The van der Waals surface area contributed by atoms with Crippen molar-refractivity contribution in [2.75, 3.05) is 30.4 Å². The number of methoxy groups -OCH3 is 2. The van der Waals surface area contributed by atoms with Gasteiger partial charge in [0, 0.05) is 5.69 Å². The maximum atomic E-state index is 13.5. The molecule has 0 fully saturated rings. The number of nitrogens with zero attached hydrogens (tertiary/aromatic N) is 1. The first kappa shape index (κ1) is 26.2. The van der Waals surface area contributed by atoms with Crippen LogP contribution in [0.5, 0.6) is 11.5 Å². The quantitative estimate of drug-likeness (QED) is 0.434. The summed E-state index contributed by atoms with van der Waals surface area (Å²) >= 11 is 5.62. The van der Waals surface area contributed by atoms with Gasteiger partial charge in [-0.05, 0) is 54.6 Å². The lowest BCUT2D eigenvalue weighted by Crippen LogP contribution is -2.38. The molecular weight excluding hydrogens is 509 g/mol. The van der Waals surface area contributed by atoms with Gasteiger partial charge in [0.05, 0.1) is 35.4 Å². The summed E-state index contributed by atoms with van der Waals surface area (Å²) in [5.74, 6) is -0.291. The van der Waals surface area contributed by atoms with E-state index in [0.717, 1.165) is 10.4 Å². The van der Waals surface area contributed by atoms with E-state index >= 15 is 0 Å². The van der Waals surface area contributed by atoms with Crippen molar-refractivity contribution < 1.29 is 35.9 Å². The number of carbonyl (C=O) groups excluding carboxylic acids is 1. The van der Waals surface area contributed by atoms with Crippen molar-refractivity contribution in [3.05, 3.63) is 77.3 Å². The van der Waals surface area contributed by atoms with Crippen molar-refractivity contribution >= 4 is 38.9 Å². The SMILES string of the molecule is COc1ccc(S(=O)(=O)N(CC(=O)Nc2ccc(Cl)c(C(F)(F)F)c2)c2ccccc2OC)cc1. The number of nitrogens with one attached hydrogen (secondary N) is 1. The normalized spacial score (nSPS) is 11.6. The Morgan fingerprint density at radius 2 is 1.66 bits per heavy atom. The number of hydrogen-bond acceptors (Lipinski definition) is 5. The summed E-state index contributed by atoms with van der Waals surface area (Å²) in [6.07, 6.45) is -4.74. The van der Waals surface area contributed by atoms with Crippen molar-refractivity contribution in [3.63, 3.8) is 0 Å². The summed E-state index contributed by atoms with van der Waals surface area (Å²) in [6, 6.07) is 14.5. The van der Waals surface area contributed by atoms with Crippen LogP contribution in [0, 0.1) is 0 Å². The van der Waals surface area contributed by atoms with Crippen LogP contribution in [0.15, 0.2) is 71.6 Å². The van der Waals surface area contributed by atoms with E-state index in [9.17, 15) is 26.4 Å². The van der Waals surface area contributed by atoms with Gasteiger partial charge in [-0.3, -0.25) is 9.10 Å². The van der Waals surface area contributed by atoms with Crippen LogP contribution >= 0.6 is 11.6 Å². The molecule has 0 unspecified atom stereocenters. The average Bonchev–Trinajstić information content (AvgIpc) is 2.83. The number of hydrogen-bond donors (Lipinski definition) is 1. The molecule has 0 atom stereocenters. The number of carbonyl (C=O) groups is 1. The minimum absolute atomic E-state index is 0.0630. The first-order chi connectivity index (χ1) is 16.5. The van der Waals surface area contributed by atoms with Gasteiger partial charge in [0.1, 0.15) is 18.0 Å². The van der Waals surface area contributed by atoms with Crippen LogP contribution < -0.4 is 19.1 Å². The van der Waals surface area contributed by atoms with Crippen LogP contribution in [0.4, 0.5) is 24.5 Å². The number of halogens is 4. The molecule has 0 aliphatic rings. The number of sulfonamides is 1. The van der Waals surface area contributed by atoms with Crippen LogP contribution in [-0.4, -0.2) is 35.1 Å². The second-order valence-electron chi connectivity index (χ2n) is 7.10. The Bertz CT molecular complexity index is 1320. The van der Waals surface area contributed by atoms with Crippen molar-refractivity contribution in [1.82, 2.24) is 0 Å². The molecule has 0 spiro atoms. The molecule has 35 heavy (non-hydrogen) atoms. The van der Waals surface area contributed by atoms with Crippen molar-refractivity contribution in [2.45, 2.75) is 11.1 Å². The Kier molecular flexibility index (Phi) is 7.81. The molecule has 0 aliphatic heterocycles. The molecule has 7 nitrogen and oxygen atoms in total. The highest BCUT2D eigenvalue weighted by molar-refractivity contribution is 7.92. The first-order valence-electron chi connectivity index (χ1n) is 9.93. The van der Waals surface area contributed by atoms with Crippen LogP contribution in [0.3, 0.4) is 0 Å². The monoisotopic (exact) mass is 528 g/mol. The number of alkyl halides is 3. The molecular formula is C23H20ClF3N2O5S. The summed E-state index contributed by atoms with van der Waals surface area (Å²) in [7, 11) is -1.54. The summed E-state index contributed by atoms with van der Waals surface area (Å²) in [5.41, 5.74) is -1.27. The van der Waals surface area contributed by atoms with E-state index < -0.39 is 39.2 Å². The number of para-hydroxylation sites is 2. The molecule has 0 aliphatic carbocycles. The highest BCUT2D eigenvalue weighted by Gasteiger charge is 2.34. The third-order valence-corrected chi connectivity index (χ3v) is 6.95. The third-order valence-electron chi connectivity index (χ3n) is 4.84. The summed E-state index contributed by atoms with van der Waals surface area (Å²) in [6.45, 7) is -0.751. The van der Waals surface area contributed by atoms with Gasteiger partial charge >= 0.3 is 6.18 Å². The molecule has 12 heteroatoms. The molecule has 3 rings (SSSR count). The molecule has 0 aromatic heterocycles. The Balaban J connectivity index is 1.98. The van der Waals surface area contributed by atoms with Crippen LogP contribution in [0.1, 0.15) is 5.56 Å². The highest BCUT2D eigenvalue weighted by atomic mass is 35.5. The molecule has 1 amide bonds. The minimum atomic E-state index is -4.74. The van der Waals surface area contributed by atoms with Gasteiger partial charge in [-0.15, -0.1) is 0 Å². The van der Waals surface area contributed by atoms with E-state index in [1.807, 2.05) is 0 Å². The summed E-state index contributed by atoms with van der Waals surface area (Å²) in [4.78, 5) is 12.7. The molecule has 0 saturated heterocycles. The number of anilines is 2. The maximum Gasteiger partial charge on any atom is 0.417 e. The van der Waals surface area contributed by atoms with Gasteiger partial charge in [-0.25, -0.2) is 8.42 Å². The molecule has 0 saturated carbocycles. The number of ether oxygens (including phenoxy) is 2. The topological polar surface area (TPSA) is 84.9 Å². The highest BCUT2D eigenvalue weighted by Crippen LogP contribution is 2.36. The zero-order valence-corrected chi connectivity index (χ0v) is 20.0. The smallest absolute Gasteiger partial charge is 0.417 e. The lowest BCUT2D eigenvalue weighted by atomic mass is 10.2. The fourth-order valence-electron chi connectivity index (χ4n) is 3.16. The van der Waals surface area contributed by atoms with Gasteiger partial charge in [-0.2, -0.15) is 13.2 Å². The fourth-order valence-corrected chi connectivity index (χ4v) is 4.82. The Labute approximate surface area is 205 Å². The standard InChI is InChI=1S/C23H20ClF3N2O5S/c1-33-16-8-10-17(11-9-16)35(31,32)29(20-5-3-4-6-21(20)34-2)14-22(30)28-15-7-12-19(24)18(13-15)23(25,26)27/h3-13H,14H2,1-2H3,(H,28,30). The van der Waals surface area contributed by atoms with Gasteiger partial charge in [0.25, 0.3) is 10.0 Å². The average molecular weight is 529 g/mol. The molecule has 3 aromatic rings. The van der Waals surface area contributed by atoms with Crippen LogP contribution in [-0.2, 0) is 21.0 Å². The molecule has 3 aromatic carbocycles. The first-order valence-corrected chi connectivity index (χ1v) is 11.8.